The molecule has 1 N–H and O–H groups in total. The highest BCUT2D eigenvalue weighted by atomic mass is 35.5. The van der Waals surface area contributed by atoms with E-state index in [1.807, 2.05) is 0 Å². The number of nitrogens with one attached hydrogen (secondary N) is 1. The number of ether oxygens (including phenoxy) is 1. The molecule has 0 aliphatic heterocycles. The average Bonchev–Trinajstić information content (AvgIpc) is 2.64. The van der Waals surface area contributed by atoms with Crippen molar-refractivity contribution in [2.75, 3.05) is 5.32 Å². The van der Waals surface area contributed by atoms with Crippen LogP contribution in [0.4, 0.5) is 5.69 Å². The van der Waals surface area contributed by atoms with Crippen LogP contribution in [0.5, 0.6) is 0 Å². The van der Waals surface area contributed by atoms with Crippen molar-refractivity contribution in [2.24, 2.45) is 0 Å². The van der Waals surface area contributed by atoms with Gasteiger partial charge in [0.25, 0.3) is 5.91 Å². The lowest BCUT2D eigenvalue weighted by molar-refractivity contribution is -0.123. The highest BCUT2D eigenvalue weighted by Crippen LogP contribution is 2.29. The first-order chi connectivity index (χ1) is 12.8. The van der Waals surface area contributed by atoms with Gasteiger partial charge in [-0.15, -0.1) is 0 Å². The number of rotatable bonds is 4. The number of fused-ring (bicyclic) bond motifs is 1. The van der Waals surface area contributed by atoms with E-state index in [1.165, 1.54) is 6.92 Å². The van der Waals surface area contributed by atoms with Gasteiger partial charge in [0.05, 0.1) is 26.8 Å². The van der Waals surface area contributed by atoms with Gasteiger partial charge in [0.15, 0.2) is 6.10 Å². The Balaban J connectivity index is 1.70. The summed E-state index contributed by atoms with van der Waals surface area (Å²) >= 11 is 17.8. The molecule has 2 aromatic carbocycles. The minimum absolute atomic E-state index is 0.215. The van der Waals surface area contributed by atoms with Gasteiger partial charge in [-0.3, -0.25) is 4.79 Å². The lowest BCUT2D eigenvalue weighted by Crippen LogP contribution is -2.30. The van der Waals surface area contributed by atoms with Crippen molar-refractivity contribution in [2.45, 2.75) is 13.0 Å². The third kappa shape index (κ3) is 4.50. The van der Waals surface area contributed by atoms with Crippen molar-refractivity contribution in [3.05, 3.63) is 69.3 Å². The molecule has 138 valence electrons. The zero-order valence-electron chi connectivity index (χ0n) is 14.0. The van der Waals surface area contributed by atoms with Crippen LogP contribution >= 0.6 is 34.8 Å². The van der Waals surface area contributed by atoms with E-state index in [1.54, 1.807) is 48.5 Å². The SMILES string of the molecule is CC(OC(=O)c1ccc2nc(Cl)ccc2c1)C(=O)Nc1cccc(Cl)c1Cl. The summed E-state index contributed by atoms with van der Waals surface area (Å²) in [6, 6.07) is 13.1. The van der Waals surface area contributed by atoms with Gasteiger partial charge in [0.2, 0.25) is 0 Å². The van der Waals surface area contributed by atoms with E-state index in [4.69, 9.17) is 39.5 Å². The molecular weight excluding hydrogens is 411 g/mol. The van der Waals surface area contributed by atoms with E-state index < -0.39 is 18.0 Å². The molecule has 8 heteroatoms. The van der Waals surface area contributed by atoms with E-state index in [9.17, 15) is 9.59 Å². The van der Waals surface area contributed by atoms with Crippen molar-refractivity contribution in [3.63, 3.8) is 0 Å². The van der Waals surface area contributed by atoms with Crippen LogP contribution in [0, 0.1) is 0 Å². The number of nitrogens with zero attached hydrogens (tertiary/aromatic N) is 1. The monoisotopic (exact) mass is 422 g/mol. The van der Waals surface area contributed by atoms with Gasteiger partial charge in [-0.05, 0) is 49.4 Å². The molecule has 0 spiro atoms. The Labute approximate surface area is 170 Å². The second-order valence-corrected chi connectivity index (χ2v) is 6.85. The van der Waals surface area contributed by atoms with E-state index >= 15 is 0 Å². The van der Waals surface area contributed by atoms with Crippen molar-refractivity contribution in [1.82, 2.24) is 4.98 Å². The summed E-state index contributed by atoms with van der Waals surface area (Å²) in [5, 5.41) is 4.21. The number of halogens is 3. The first-order valence-corrected chi connectivity index (χ1v) is 9.00. The zero-order valence-corrected chi connectivity index (χ0v) is 16.3. The third-order valence-electron chi connectivity index (χ3n) is 3.75. The molecule has 1 unspecified atom stereocenters. The van der Waals surface area contributed by atoms with Gasteiger partial charge in [0.1, 0.15) is 5.15 Å². The Bertz CT molecular complexity index is 1040. The molecule has 5 nitrogen and oxygen atoms in total. The second kappa shape index (κ2) is 8.13. The molecule has 3 rings (SSSR count). The molecule has 0 bridgehead atoms. The summed E-state index contributed by atoms with van der Waals surface area (Å²) < 4.78 is 5.24. The highest BCUT2D eigenvalue weighted by Gasteiger charge is 2.20. The molecule has 0 saturated heterocycles. The molecular formula is C19H13Cl3N2O3. The van der Waals surface area contributed by atoms with Crippen molar-refractivity contribution < 1.29 is 14.3 Å². The highest BCUT2D eigenvalue weighted by molar-refractivity contribution is 6.44. The lowest BCUT2D eigenvalue weighted by Gasteiger charge is -2.14. The predicted octanol–water partition coefficient (Wildman–Crippen LogP) is 5.38. The van der Waals surface area contributed by atoms with Crippen LogP contribution in [0.25, 0.3) is 10.9 Å². The fourth-order valence-corrected chi connectivity index (χ4v) is 2.85. The molecule has 0 aliphatic rings. The Morgan fingerprint density at radius 3 is 2.63 bits per heavy atom. The standard InChI is InChI=1S/C19H13Cl3N2O3/c1-10(18(25)24-15-4-2-3-13(20)17(15)22)27-19(26)12-5-7-14-11(9-12)6-8-16(21)23-14/h2-10H,1H3,(H,24,25). The molecule has 0 aliphatic carbocycles. The first-order valence-electron chi connectivity index (χ1n) is 7.87. The smallest absolute Gasteiger partial charge is 0.338 e. The molecule has 1 aromatic heterocycles. The van der Waals surface area contributed by atoms with Gasteiger partial charge < -0.3 is 10.1 Å². The quantitative estimate of drug-likeness (QED) is 0.452. The summed E-state index contributed by atoms with van der Waals surface area (Å²) in [5.74, 6) is -1.16. The molecule has 1 heterocycles. The lowest BCUT2D eigenvalue weighted by atomic mass is 10.1. The molecule has 0 saturated carbocycles. The molecule has 1 atom stereocenters. The van der Waals surface area contributed by atoms with Crippen LogP contribution in [-0.4, -0.2) is 23.0 Å². The van der Waals surface area contributed by atoms with Crippen LogP contribution < -0.4 is 5.32 Å². The number of benzene rings is 2. The Morgan fingerprint density at radius 2 is 1.85 bits per heavy atom. The molecule has 27 heavy (non-hydrogen) atoms. The summed E-state index contributed by atoms with van der Waals surface area (Å²) in [6.07, 6.45) is -1.04. The van der Waals surface area contributed by atoms with Gasteiger partial charge >= 0.3 is 5.97 Å². The number of anilines is 1. The average molecular weight is 424 g/mol. The number of pyridine rings is 1. The predicted molar refractivity (Wildman–Crippen MR) is 107 cm³/mol. The fraction of sp³-hybridized carbons (Fsp3) is 0.105. The number of carbonyl (C=O) groups is 2. The number of aromatic nitrogens is 1. The molecule has 1 amide bonds. The van der Waals surface area contributed by atoms with Gasteiger partial charge in [-0.2, -0.15) is 0 Å². The van der Waals surface area contributed by atoms with E-state index in [0.717, 1.165) is 5.39 Å². The van der Waals surface area contributed by atoms with Crippen molar-refractivity contribution in [3.8, 4) is 0 Å². The van der Waals surface area contributed by atoms with E-state index in [-0.39, 0.29) is 5.02 Å². The normalized spacial score (nSPS) is 11.9. The van der Waals surface area contributed by atoms with Crippen LogP contribution in [-0.2, 0) is 9.53 Å². The van der Waals surface area contributed by atoms with Crippen LogP contribution in [0.15, 0.2) is 48.5 Å². The number of carbonyl (C=O) groups excluding carboxylic acids is 2. The zero-order chi connectivity index (χ0) is 19.6. The fourth-order valence-electron chi connectivity index (χ4n) is 2.34. The summed E-state index contributed by atoms with van der Waals surface area (Å²) in [5.41, 5.74) is 1.29. The van der Waals surface area contributed by atoms with Crippen molar-refractivity contribution in [1.29, 1.82) is 0 Å². The second-order valence-electron chi connectivity index (χ2n) is 5.68. The Morgan fingerprint density at radius 1 is 1.07 bits per heavy atom. The largest absolute Gasteiger partial charge is 0.449 e. The van der Waals surface area contributed by atoms with E-state index in [0.29, 0.717) is 26.9 Å². The van der Waals surface area contributed by atoms with Crippen molar-refractivity contribution >= 4 is 63.3 Å². The summed E-state index contributed by atoms with van der Waals surface area (Å²) in [4.78, 5) is 28.8. The molecule has 0 radical (unpaired) electrons. The van der Waals surface area contributed by atoms with E-state index in [2.05, 4.69) is 10.3 Å². The number of esters is 1. The van der Waals surface area contributed by atoms with Crippen LogP contribution in [0.2, 0.25) is 15.2 Å². The number of hydrogen-bond acceptors (Lipinski definition) is 4. The number of amides is 1. The molecule has 3 aromatic rings. The first kappa shape index (κ1) is 19.4. The Hall–Kier alpha value is -2.34. The van der Waals surface area contributed by atoms with Gasteiger partial charge in [-0.25, -0.2) is 9.78 Å². The van der Waals surface area contributed by atoms with Crippen LogP contribution in [0.3, 0.4) is 0 Å². The summed E-state index contributed by atoms with van der Waals surface area (Å²) in [7, 11) is 0. The maximum atomic E-state index is 12.3. The third-order valence-corrected chi connectivity index (χ3v) is 4.78. The van der Waals surface area contributed by atoms with Gasteiger partial charge in [-0.1, -0.05) is 40.9 Å². The minimum atomic E-state index is -1.04. The summed E-state index contributed by atoms with van der Waals surface area (Å²) in [6.45, 7) is 1.47. The molecule has 0 fully saturated rings. The minimum Gasteiger partial charge on any atom is -0.449 e. The maximum Gasteiger partial charge on any atom is 0.338 e. The Kier molecular flexibility index (Phi) is 5.85. The maximum absolute atomic E-state index is 12.3. The van der Waals surface area contributed by atoms with Crippen LogP contribution in [0.1, 0.15) is 17.3 Å². The number of hydrogen-bond donors (Lipinski definition) is 1. The van der Waals surface area contributed by atoms with Gasteiger partial charge in [0, 0.05) is 5.39 Å². The topological polar surface area (TPSA) is 68.3 Å².